The summed E-state index contributed by atoms with van der Waals surface area (Å²) >= 11 is 0. The molecular formula is C20H29N3O2. The number of hydrogen-bond donors (Lipinski definition) is 0. The number of fused-ring (bicyclic) bond motifs is 2. The van der Waals surface area contributed by atoms with Gasteiger partial charge in [-0.15, -0.1) is 0 Å². The lowest BCUT2D eigenvalue weighted by atomic mass is 9.85. The van der Waals surface area contributed by atoms with E-state index in [-0.39, 0.29) is 6.04 Å². The van der Waals surface area contributed by atoms with Gasteiger partial charge in [-0.05, 0) is 69.2 Å². The highest BCUT2D eigenvalue weighted by atomic mass is 16.5. The van der Waals surface area contributed by atoms with Gasteiger partial charge in [-0.25, -0.2) is 0 Å². The van der Waals surface area contributed by atoms with Crippen molar-refractivity contribution in [1.29, 1.82) is 0 Å². The van der Waals surface area contributed by atoms with Gasteiger partial charge in [-0.3, -0.25) is 14.7 Å². The van der Waals surface area contributed by atoms with Crippen LogP contribution in [0.25, 0.3) is 0 Å². The lowest BCUT2D eigenvalue weighted by Gasteiger charge is -2.46. The first-order valence-corrected chi connectivity index (χ1v) is 9.80. The van der Waals surface area contributed by atoms with E-state index < -0.39 is 0 Å². The van der Waals surface area contributed by atoms with Gasteiger partial charge in [0.1, 0.15) is 0 Å². The van der Waals surface area contributed by atoms with Crippen LogP contribution in [0, 0.1) is 11.8 Å². The first-order chi connectivity index (χ1) is 12.3. The summed E-state index contributed by atoms with van der Waals surface area (Å²) in [5, 5.41) is 0. The second-order valence-corrected chi connectivity index (χ2v) is 7.83. The van der Waals surface area contributed by atoms with Crippen molar-refractivity contribution in [3.05, 3.63) is 30.1 Å². The van der Waals surface area contributed by atoms with Crippen molar-refractivity contribution in [3.63, 3.8) is 0 Å². The molecule has 3 saturated heterocycles. The largest absolute Gasteiger partial charge is 0.381 e. The molecule has 3 aliphatic heterocycles. The summed E-state index contributed by atoms with van der Waals surface area (Å²) in [6.07, 6.45) is 7.65. The van der Waals surface area contributed by atoms with Crippen LogP contribution < -0.4 is 0 Å². The molecule has 0 N–H and O–H groups in total. The summed E-state index contributed by atoms with van der Waals surface area (Å²) in [5.41, 5.74) is 0.990. The van der Waals surface area contributed by atoms with Crippen molar-refractivity contribution in [2.75, 3.05) is 32.8 Å². The Kier molecular flexibility index (Phi) is 5.32. The molecule has 1 amide bonds. The lowest BCUT2D eigenvalue weighted by molar-refractivity contribution is -0.146. The number of amides is 1. The molecule has 0 radical (unpaired) electrons. The molecule has 3 aliphatic rings. The summed E-state index contributed by atoms with van der Waals surface area (Å²) < 4.78 is 5.46. The van der Waals surface area contributed by atoms with Gasteiger partial charge >= 0.3 is 0 Å². The molecule has 136 valence electrons. The third-order valence-electron chi connectivity index (χ3n) is 6.14. The monoisotopic (exact) mass is 343 g/mol. The standard InChI is InChI=1S/C20H29N3O2/c24-20-19-13-17(14-23(20)15-18-3-1-2-8-21-18)5-10-22(19)9-4-16-6-11-25-12-7-16/h1-3,8,16-17,19H,4-7,9-15H2/t17-,19+/m0/s1. The molecule has 4 heterocycles. The fourth-order valence-electron chi connectivity index (χ4n) is 4.60. The van der Waals surface area contributed by atoms with Gasteiger partial charge in [-0.1, -0.05) is 6.07 Å². The van der Waals surface area contributed by atoms with Gasteiger partial charge in [0.2, 0.25) is 5.91 Å². The highest BCUT2D eigenvalue weighted by molar-refractivity contribution is 5.83. The number of rotatable bonds is 5. The van der Waals surface area contributed by atoms with E-state index in [1.807, 2.05) is 29.3 Å². The Morgan fingerprint density at radius 2 is 2.08 bits per heavy atom. The van der Waals surface area contributed by atoms with Crippen molar-refractivity contribution < 1.29 is 9.53 Å². The summed E-state index contributed by atoms with van der Waals surface area (Å²) in [7, 11) is 0. The molecule has 0 unspecified atom stereocenters. The predicted octanol–water partition coefficient (Wildman–Crippen LogP) is 2.32. The molecule has 0 aromatic carbocycles. The zero-order valence-electron chi connectivity index (χ0n) is 15.0. The zero-order valence-corrected chi connectivity index (χ0v) is 15.0. The smallest absolute Gasteiger partial charge is 0.240 e. The molecular weight excluding hydrogens is 314 g/mol. The van der Waals surface area contributed by atoms with Crippen molar-refractivity contribution in [1.82, 2.24) is 14.8 Å². The molecule has 2 atom stereocenters. The average molecular weight is 343 g/mol. The quantitative estimate of drug-likeness (QED) is 0.823. The average Bonchev–Trinajstić information content (AvgIpc) is 2.67. The van der Waals surface area contributed by atoms with Gasteiger partial charge in [0, 0.05) is 26.0 Å². The third kappa shape index (κ3) is 4.04. The van der Waals surface area contributed by atoms with E-state index in [1.165, 1.54) is 25.7 Å². The Morgan fingerprint density at radius 3 is 2.88 bits per heavy atom. The summed E-state index contributed by atoms with van der Waals surface area (Å²) in [6.45, 7) is 5.52. The molecule has 0 spiro atoms. The number of aromatic nitrogens is 1. The lowest BCUT2D eigenvalue weighted by Crippen LogP contribution is -2.58. The maximum absolute atomic E-state index is 13.0. The van der Waals surface area contributed by atoms with E-state index in [9.17, 15) is 4.79 Å². The number of likely N-dealkylation sites (tertiary alicyclic amines) is 2. The van der Waals surface area contributed by atoms with E-state index in [1.54, 1.807) is 0 Å². The first-order valence-electron chi connectivity index (χ1n) is 9.80. The number of ether oxygens (including phenoxy) is 1. The Labute approximate surface area is 150 Å². The Morgan fingerprint density at radius 1 is 1.20 bits per heavy atom. The van der Waals surface area contributed by atoms with Crippen molar-refractivity contribution in [2.24, 2.45) is 11.8 Å². The molecule has 0 aliphatic carbocycles. The minimum atomic E-state index is 0.0936. The van der Waals surface area contributed by atoms with E-state index in [0.717, 1.165) is 50.9 Å². The van der Waals surface area contributed by atoms with Crippen molar-refractivity contribution >= 4 is 5.91 Å². The first kappa shape index (κ1) is 17.0. The molecule has 2 bridgehead atoms. The minimum Gasteiger partial charge on any atom is -0.381 e. The molecule has 5 heteroatoms. The molecule has 0 saturated carbocycles. The maximum atomic E-state index is 13.0. The van der Waals surface area contributed by atoms with E-state index in [2.05, 4.69) is 9.88 Å². The SMILES string of the molecule is O=C1[C@H]2C[C@H](CCN2CCC2CCOCC2)CN1Cc1ccccn1. The molecule has 5 nitrogen and oxygen atoms in total. The van der Waals surface area contributed by atoms with Gasteiger partial charge < -0.3 is 9.64 Å². The third-order valence-corrected chi connectivity index (χ3v) is 6.14. The Bertz CT molecular complexity index is 574. The second-order valence-electron chi connectivity index (χ2n) is 7.83. The molecule has 25 heavy (non-hydrogen) atoms. The molecule has 1 aromatic rings. The Balaban J connectivity index is 1.37. The number of nitrogens with zero attached hydrogens (tertiary/aromatic N) is 3. The van der Waals surface area contributed by atoms with E-state index in [4.69, 9.17) is 4.74 Å². The highest BCUT2D eigenvalue weighted by Crippen LogP contribution is 2.31. The molecule has 3 fully saturated rings. The topological polar surface area (TPSA) is 45.7 Å². The van der Waals surface area contributed by atoms with Crippen LogP contribution >= 0.6 is 0 Å². The minimum absolute atomic E-state index is 0.0936. The summed E-state index contributed by atoms with van der Waals surface area (Å²) in [6, 6.07) is 6.03. The number of carbonyl (C=O) groups is 1. The van der Waals surface area contributed by atoms with E-state index >= 15 is 0 Å². The maximum Gasteiger partial charge on any atom is 0.240 e. The van der Waals surface area contributed by atoms with Crippen LogP contribution in [0.5, 0.6) is 0 Å². The zero-order chi connectivity index (χ0) is 17.1. The summed E-state index contributed by atoms with van der Waals surface area (Å²) in [4.78, 5) is 21.9. The second kappa shape index (κ2) is 7.83. The van der Waals surface area contributed by atoms with Crippen LogP contribution in [-0.4, -0.2) is 59.6 Å². The van der Waals surface area contributed by atoms with Gasteiger partial charge in [0.05, 0.1) is 18.3 Å². The molecule has 4 rings (SSSR count). The normalized spacial score (nSPS) is 28.3. The van der Waals surface area contributed by atoms with Crippen LogP contribution in [0.4, 0.5) is 0 Å². The van der Waals surface area contributed by atoms with Gasteiger partial charge in [0.15, 0.2) is 0 Å². The van der Waals surface area contributed by atoms with Crippen LogP contribution in [0.15, 0.2) is 24.4 Å². The van der Waals surface area contributed by atoms with Crippen molar-refractivity contribution in [3.8, 4) is 0 Å². The molecule has 1 aromatic heterocycles. The number of carbonyl (C=O) groups excluding carboxylic acids is 1. The van der Waals surface area contributed by atoms with Gasteiger partial charge in [-0.2, -0.15) is 0 Å². The van der Waals surface area contributed by atoms with Crippen LogP contribution in [0.2, 0.25) is 0 Å². The summed E-state index contributed by atoms with van der Waals surface area (Å²) in [5.74, 6) is 1.74. The van der Waals surface area contributed by atoms with Crippen LogP contribution in [0.3, 0.4) is 0 Å². The number of hydrogen-bond acceptors (Lipinski definition) is 4. The number of piperidine rings is 2. The van der Waals surface area contributed by atoms with Crippen LogP contribution in [0.1, 0.15) is 37.8 Å². The van der Waals surface area contributed by atoms with Crippen LogP contribution in [-0.2, 0) is 16.1 Å². The predicted molar refractivity (Wildman–Crippen MR) is 95.9 cm³/mol. The highest BCUT2D eigenvalue weighted by Gasteiger charge is 2.41. The fourth-order valence-corrected chi connectivity index (χ4v) is 4.60. The van der Waals surface area contributed by atoms with Gasteiger partial charge in [0.25, 0.3) is 0 Å². The van der Waals surface area contributed by atoms with E-state index in [0.29, 0.717) is 18.4 Å². The fraction of sp³-hybridized carbons (Fsp3) is 0.700. The van der Waals surface area contributed by atoms with Crippen molar-refractivity contribution in [2.45, 2.75) is 44.7 Å². The number of pyridine rings is 1. The Hall–Kier alpha value is -1.46.